The zero-order chi connectivity index (χ0) is 19.8. The van der Waals surface area contributed by atoms with Crippen LogP contribution in [-0.4, -0.2) is 64.8 Å². The Morgan fingerprint density at radius 1 is 1.24 bits per heavy atom. The molecule has 0 amide bonds. The van der Waals surface area contributed by atoms with Crippen molar-refractivity contribution in [2.45, 2.75) is 38.9 Å². The van der Waals surface area contributed by atoms with Gasteiger partial charge in [0.15, 0.2) is 0 Å². The predicted octanol–water partition coefficient (Wildman–Crippen LogP) is 3.23. The van der Waals surface area contributed by atoms with Crippen LogP contribution in [0, 0.1) is 0 Å². The molecule has 0 atom stereocenters. The Kier molecular flexibility index (Phi) is 5.11. The van der Waals surface area contributed by atoms with Crippen molar-refractivity contribution < 1.29 is 9.47 Å². The van der Waals surface area contributed by atoms with E-state index in [1.165, 1.54) is 5.56 Å². The SMILES string of the molecule is CC1(C)Cc2nc3sc4c(NCCCN5CCOCC5)ncnc4c3cc2CO1. The highest BCUT2D eigenvalue weighted by atomic mass is 32.1. The minimum Gasteiger partial charge on any atom is -0.379 e. The van der Waals surface area contributed by atoms with E-state index in [9.17, 15) is 0 Å². The van der Waals surface area contributed by atoms with Crippen LogP contribution < -0.4 is 5.32 Å². The number of morpholine rings is 1. The number of ether oxygens (including phenoxy) is 2. The molecule has 0 spiro atoms. The molecule has 3 aromatic rings. The van der Waals surface area contributed by atoms with Gasteiger partial charge in [-0.1, -0.05) is 0 Å². The van der Waals surface area contributed by atoms with Crippen molar-refractivity contribution in [2.75, 3.05) is 44.7 Å². The van der Waals surface area contributed by atoms with E-state index in [1.54, 1.807) is 17.7 Å². The highest BCUT2D eigenvalue weighted by Crippen LogP contribution is 2.37. The zero-order valence-corrected chi connectivity index (χ0v) is 17.8. The molecular weight excluding hydrogens is 386 g/mol. The van der Waals surface area contributed by atoms with Crippen LogP contribution in [0.2, 0.25) is 0 Å². The number of nitrogens with one attached hydrogen (secondary N) is 1. The van der Waals surface area contributed by atoms with E-state index in [4.69, 9.17) is 14.5 Å². The summed E-state index contributed by atoms with van der Waals surface area (Å²) in [6, 6.07) is 2.21. The summed E-state index contributed by atoms with van der Waals surface area (Å²) < 4.78 is 12.5. The number of nitrogens with zero attached hydrogens (tertiary/aromatic N) is 4. The maximum absolute atomic E-state index is 5.97. The molecule has 2 aliphatic heterocycles. The second-order valence-electron chi connectivity index (χ2n) is 8.41. The first-order valence-electron chi connectivity index (χ1n) is 10.3. The first-order chi connectivity index (χ1) is 14.1. The maximum atomic E-state index is 5.97. The van der Waals surface area contributed by atoms with Crippen molar-refractivity contribution in [2.24, 2.45) is 0 Å². The van der Waals surface area contributed by atoms with Gasteiger partial charge in [-0.15, -0.1) is 11.3 Å². The normalized spacial score (nSPS) is 19.5. The molecule has 7 nitrogen and oxygen atoms in total. The molecule has 29 heavy (non-hydrogen) atoms. The number of anilines is 1. The Bertz CT molecular complexity index is 1030. The third kappa shape index (κ3) is 3.94. The van der Waals surface area contributed by atoms with Crippen LogP contribution in [-0.2, 0) is 22.5 Å². The molecule has 5 rings (SSSR count). The Morgan fingerprint density at radius 2 is 2.10 bits per heavy atom. The standard InChI is InChI=1S/C21H27N5O2S/c1-21(2)11-16-14(12-28-21)10-15-17-18(29-20(15)25-16)19(24-13-23-17)22-4-3-5-26-6-8-27-9-7-26/h10,13H,3-9,11-12H2,1-2H3,(H,22,23,24). The lowest BCUT2D eigenvalue weighted by Gasteiger charge is -2.30. The van der Waals surface area contributed by atoms with E-state index in [2.05, 4.69) is 40.1 Å². The highest BCUT2D eigenvalue weighted by molar-refractivity contribution is 7.25. The van der Waals surface area contributed by atoms with Gasteiger partial charge in [0, 0.05) is 37.0 Å². The van der Waals surface area contributed by atoms with E-state index in [0.29, 0.717) is 6.61 Å². The topological polar surface area (TPSA) is 72.4 Å². The van der Waals surface area contributed by atoms with Crippen molar-refractivity contribution in [3.05, 3.63) is 23.7 Å². The molecule has 0 unspecified atom stereocenters. The van der Waals surface area contributed by atoms with Crippen molar-refractivity contribution in [1.82, 2.24) is 19.9 Å². The smallest absolute Gasteiger partial charge is 0.147 e. The third-order valence-electron chi connectivity index (χ3n) is 5.67. The molecule has 3 aromatic heterocycles. The molecule has 0 aromatic carbocycles. The van der Waals surface area contributed by atoms with E-state index in [1.807, 2.05) is 0 Å². The summed E-state index contributed by atoms with van der Waals surface area (Å²) >= 11 is 1.68. The van der Waals surface area contributed by atoms with Crippen molar-refractivity contribution in [1.29, 1.82) is 0 Å². The summed E-state index contributed by atoms with van der Waals surface area (Å²) in [5.74, 6) is 0.912. The second kappa shape index (κ2) is 7.75. The molecule has 8 heteroatoms. The predicted molar refractivity (Wildman–Crippen MR) is 116 cm³/mol. The second-order valence-corrected chi connectivity index (χ2v) is 9.41. The first kappa shape index (κ1) is 19.1. The molecular formula is C21H27N5O2S. The molecule has 5 heterocycles. The van der Waals surface area contributed by atoms with Crippen molar-refractivity contribution in [3.8, 4) is 0 Å². The average Bonchev–Trinajstić information content (AvgIpc) is 3.08. The molecule has 0 saturated carbocycles. The number of aromatic nitrogens is 3. The molecule has 0 radical (unpaired) electrons. The summed E-state index contributed by atoms with van der Waals surface area (Å²) in [6.07, 6.45) is 3.57. The molecule has 1 fully saturated rings. The number of fused-ring (bicyclic) bond motifs is 4. The van der Waals surface area contributed by atoms with Crippen LogP contribution in [0.25, 0.3) is 20.4 Å². The van der Waals surface area contributed by atoms with Gasteiger partial charge in [0.2, 0.25) is 0 Å². The van der Waals surface area contributed by atoms with Gasteiger partial charge in [0.25, 0.3) is 0 Å². The summed E-state index contributed by atoms with van der Waals surface area (Å²) in [5, 5.41) is 4.62. The van der Waals surface area contributed by atoms with Gasteiger partial charge in [0.1, 0.15) is 17.0 Å². The fourth-order valence-electron chi connectivity index (χ4n) is 4.05. The van der Waals surface area contributed by atoms with E-state index >= 15 is 0 Å². The Morgan fingerprint density at radius 3 is 2.97 bits per heavy atom. The van der Waals surface area contributed by atoms with Gasteiger partial charge in [-0.3, -0.25) is 4.90 Å². The number of hydrogen-bond acceptors (Lipinski definition) is 8. The van der Waals surface area contributed by atoms with E-state index < -0.39 is 0 Å². The molecule has 0 bridgehead atoms. The number of pyridine rings is 1. The van der Waals surface area contributed by atoms with Crippen LogP contribution in [0.4, 0.5) is 5.82 Å². The number of rotatable bonds is 5. The van der Waals surface area contributed by atoms with Gasteiger partial charge in [0.05, 0.1) is 41.3 Å². The minimum absolute atomic E-state index is 0.155. The van der Waals surface area contributed by atoms with Gasteiger partial charge in [-0.2, -0.15) is 0 Å². The average molecular weight is 414 g/mol. The summed E-state index contributed by atoms with van der Waals surface area (Å²) in [6.45, 7) is 10.6. The van der Waals surface area contributed by atoms with Crippen molar-refractivity contribution >= 4 is 37.6 Å². The quantitative estimate of drug-likeness (QED) is 0.644. The lowest BCUT2D eigenvalue weighted by Crippen LogP contribution is -2.37. The minimum atomic E-state index is -0.155. The molecule has 1 saturated heterocycles. The van der Waals surface area contributed by atoms with Crippen LogP contribution in [0.3, 0.4) is 0 Å². The fourth-order valence-corrected chi connectivity index (χ4v) is 5.14. The van der Waals surface area contributed by atoms with E-state index in [-0.39, 0.29) is 5.60 Å². The lowest BCUT2D eigenvalue weighted by atomic mass is 9.95. The summed E-state index contributed by atoms with van der Waals surface area (Å²) in [7, 11) is 0. The van der Waals surface area contributed by atoms with Crippen LogP contribution in [0.15, 0.2) is 12.4 Å². The largest absolute Gasteiger partial charge is 0.379 e. The maximum Gasteiger partial charge on any atom is 0.147 e. The van der Waals surface area contributed by atoms with E-state index in [0.717, 1.165) is 84.2 Å². The molecule has 1 N–H and O–H groups in total. The van der Waals surface area contributed by atoms with Gasteiger partial charge < -0.3 is 14.8 Å². The van der Waals surface area contributed by atoms with Crippen LogP contribution in [0.1, 0.15) is 31.5 Å². The molecule has 154 valence electrons. The Labute approximate surface area is 174 Å². The Balaban J connectivity index is 1.36. The lowest BCUT2D eigenvalue weighted by molar-refractivity contribution is -0.0411. The van der Waals surface area contributed by atoms with Crippen LogP contribution in [0.5, 0.6) is 0 Å². The van der Waals surface area contributed by atoms with Gasteiger partial charge in [-0.05, 0) is 32.9 Å². The first-order valence-corrected chi connectivity index (χ1v) is 11.1. The monoisotopic (exact) mass is 413 g/mol. The fraction of sp³-hybridized carbons (Fsp3) is 0.571. The number of hydrogen-bond donors (Lipinski definition) is 1. The highest BCUT2D eigenvalue weighted by Gasteiger charge is 2.28. The molecule has 0 aliphatic carbocycles. The molecule has 2 aliphatic rings. The Hall–Kier alpha value is -1.87. The third-order valence-corrected chi connectivity index (χ3v) is 6.77. The van der Waals surface area contributed by atoms with Gasteiger partial charge in [-0.25, -0.2) is 15.0 Å². The number of thiophene rings is 1. The van der Waals surface area contributed by atoms with Gasteiger partial charge >= 0.3 is 0 Å². The van der Waals surface area contributed by atoms with Crippen molar-refractivity contribution in [3.63, 3.8) is 0 Å². The zero-order valence-electron chi connectivity index (χ0n) is 17.0. The van der Waals surface area contributed by atoms with Crippen LogP contribution >= 0.6 is 11.3 Å². The summed E-state index contributed by atoms with van der Waals surface area (Å²) in [4.78, 5) is 17.5. The summed E-state index contributed by atoms with van der Waals surface area (Å²) in [5.41, 5.74) is 3.15.